The van der Waals surface area contributed by atoms with Crippen LogP contribution in [0.1, 0.15) is 25.1 Å². The zero-order chi connectivity index (χ0) is 15.2. The standard InChI is InChI=1S/C13H25N3O2S2/c1-5-8-14-9-12-6-7-13(19-12)20(17,18)15-11(2)10-16(3)4/h6-7,11,14-15H,5,8-10H2,1-4H3. The molecule has 1 aromatic rings. The predicted octanol–water partition coefficient (Wildman–Crippen LogP) is 1.48. The molecule has 0 fully saturated rings. The summed E-state index contributed by atoms with van der Waals surface area (Å²) in [4.78, 5) is 3.00. The summed E-state index contributed by atoms with van der Waals surface area (Å²) in [5.74, 6) is 0. The number of hydrogen-bond acceptors (Lipinski definition) is 5. The second-order valence-corrected chi connectivity index (χ2v) is 8.29. The van der Waals surface area contributed by atoms with Gasteiger partial charge in [0.05, 0.1) is 0 Å². The van der Waals surface area contributed by atoms with Crippen LogP contribution in [0.15, 0.2) is 16.3 Å². The molecular formula is C13H25N3O2S2. The molecule has 0 amide bonds. The van der Waals surface area contributed by atoms with Crippen molar-refractivity contribution in [2.24, 2.45) is 0 Å². The molecule has 0 aliphatic carbocycles. The number of nitrogens with zero attached hydrogens (tertiary/aromatic N) is 1. The third kappa shape index (κ3) is 5.88. The zero-order valence-electron chi connectivity index (χ0n) is 12.6. The van der Waals surface area contributed by atoms with Crippen molar-refractivity contribution < 1.29 is 8.42 Å². The summed E-state index contributed by atoms with van der Waals surface area (Å²) in [5, 5.41) is 3.27. The number of likely N-dealkylation sites (N-methyl/N-ethyl adjacent to an activating group) is 1. The molecule has 0 saturated carbocycles. The van der Waals surface area contributed by atoms with Gasteiger partial charge in [-0.15, -0.1) is 11.3 Å². The minimum Gasteiger partial charge on any atom is -0.312 e. The summed E-state index contributed by atoms with van der Waals surface area (Å²) in [6.45, 7) is 6.32. The third-order valence-electron chi connectivity index (χ3n) is 2.62. The molecule has 0 bridgehead atoms. The zero-order valence-corrected chi connectivity index (χ0v) is 14.3. The average Bonchev–Trinajstić information content (AvgIpc) is 2.76. The predicted molar refractivity (Wildman–Crippen MR) is 84.7 cm³/mol. The molecule has 20 heavy (non-hydrogen) atoms. The minimum atomic E-state index is -3.40. The number of sulfonamides is 1. The summed E-state index contributed by atoms with van der Waals surface area (Å²) in [6, 6.07) is 3.44. The van der Waals surface area contributed by atoms with Crippen molar-refractivity contribution >= 4 is 21.4 Å². The highest BCUT2D eigenvalue weighted by Crippen LogP contribution is 2.21. The van der Waals surface area contributed by atoms with Gasteiger partial charge in [0.2, 0.25) is 10.0 Å². The van der Waals surface area contributed by atoms with E-state index in [1.165, 1.54) is 11.3 Å². The van der Waals surface area contributed by atoms with Crippen molar-refractivity contribution in [3.63, 3.8) is 0 Å². The van der Waals surface area contributed by atoms with Crippen LogP contribution in [0.5, 0.6) is 0 Å². The Kier molecular flexibility index (Phi) is 7.11. The molecule has 0 saturated heterocycles. The maximum atomic E-state index is 12.2. The quantitative estimate of drug-likeness (QED) is 0.677. The van der Waals surface area contributed by atoms with Crippen molar-refractivity contribution in [1.29, 1.82) is 0 Å². The molecule has 7 heteroatoms. The Hall–Kier alpha value is -0.470. The van der Waals surface area contributed by atoms with Gasteiger partial charge in [-0.05, 0) is 46.1 Å². The van der Waals surface area contributed by atoms with Crippen molar-refractivity contribution in [1.82, 2.24) is 14.9 Å². The van der Waals surface area contributed by atoms with E-state index >= 15 is 0 Å². The Morgan fingerprint density at radius 1 is 1.35 bits per heavy atom. The molecule has 0 aromatic carbocycles. The lowest BCUT2D eigenvalue weighted by molar-refractivity contribution is 0.370. The van der Waals surface area contributed by atoms with Gasteiger partial charge in [-0.1, -0.05) is 6.92 Å². The van der Waals surface area contributed by atoms with Crippen LogP contribution in [0.25, 0.3) is 0 Å². The average molecular weight is 319 g/mol. The molecule has 1 heterocycles. The van der Waals surface area contributed by atoms with E-state index in [-0.39, 0.29) is 6.04 Å². The van der Waals surface area contributed by atoms with E-state index in [1.807, 2.05) is 32.0 Å². The Morgan fingerprint density at radius 2 is 2.05 bits per heavy atom. The van der Waals surface area contributed by atoms with Gasteiger partial charge in [0.1, 0.15) is 4.21 Å². The van der Waals surface area contributed by atoms with Crippen molar-refractivity contribution in [2.75, 3.05) is 27.2 Å². The smallest absolute Gasteiger partial charge is 0.250 e. The molecular weight excluding hydrogens is 294 g/mol. The topological polar surface area (TPSA) is 61.4 Å². The Morgan fingerprint density at radius 3 is 2.65 bits per heavy atom. The molecule has 116 valence electrons. The maximum Gasteiger partial charge on any atom is 0.250 e. The van der Waals surface area contributed by atoms with E-state index < -0.39 is 10.0 Å². The minimum absolute atomic E-state index is 0.112. The van der Waals surface area contributed by atoms with Crippen molar-refractivity contribution in [2.45, 2.75) is 37.1 Å². The van der Waals surface area contributed by atoms with Crippen LogP contribution >= 0.6 is 11.3 Å². The maximum absolute atomic E-state index is 12.2. The first-order valence-electron chi connectivity index (χ1n) is 6.81. The fourth-order valence-electron chi connectivity index (χ4n) is 1.89. The van der Waals surface area contributed by atoms with Gasteiger partial charge in [-0.2, -0.15) is 0 Å². The Balaban J connectivity index is 2.63. The number of thiophene rings is 1. The van der Waals surface area contributed by atoms with Crippen LogP contribution in [-0.2, 0) is 16.6 Å². The van der Waals surface area contributed by atoms with Crippen LogP contribution in [-0.4, -0.2) is 46.5 Å². The fraction of sp³-hybridized carbons (Fsp3) is 0.692. The van der Waals surface area contributed by atoms with E-state index in [0.717, 1.165) is 24.4 Å². The van der Waals surface area contributed by atoms with Gasteiger partial charge < -0.3 is 10.2 Å². The van der Waals surface area contributed by atoms with Gasteiger partial charge in [-0.3, -0.25) is 0 Å². The summed E-state index contributed by atoms with van der Waals surface area (Å²) in [6.07, 6.45) is 1.07. The summed E-state index contributed by atoms with van der Waals surface area (Å²) < 4.78 is 27.5. The highest BCUT2D eigenvalue weighted by atomic mass is 32.2. The lowest BCUT2D eigenvalue weighted by atomic mass is 10.3. The van der Waals surface area contributed by atoms with Crippen LogP contribution in [0.2, 0.25) is 0 Å². The fourth-order valence-corrected chi connectivity index (χ4v) is 4.47. The highest BCUT2D eigenvalue weighted by molar-refractivity contribution is 7.91. The van der Waals surface area contributed by atoms with E-state index in [4.69, 9.17) is 0 Å². The SMILES string of the molecule is CCCNCc1ccc(S(=O)(=O)NC(C)CN(C)C)s1. The molecule has 5 nitrogen and oxygen atoms in total. The molecule has 1 atom stereocenters. The van der Waals surface area contributed by atoms with Gasteiger partial charge in [0.15, 0.2) is 0 Å². The molecule has 0 radical (unpaired) electrons. The number of nitrogens with one attached hydrogen (secondary N) is 2. The van der Waals surface area contributed by atoms with E-state index in [2.05, 4.69) is 17.0 Å². The number of rotatable bonds is 9. The van der Waals surface area contributed by atoms with E-state index in [0.29, 0.717) is 10.8 Å². The van der Waals surface area contributed by atoms with E-state index in [1.54, 1.807) is 6.07 Å². The summed E-state index contributed by atoms with van der Waals surface area (Å²) in [5.41, 5.74) is 0. The monoisotopic (exact) mass is 319 g/mol. The van der Waals surface area contributed by atoms with Gasteiger partial charge in [0.25, 0.3) is 0 Å². The first-order valence-corrected chi connectivity index (χ1v) is 9.11. The second-order valence-electron chi connectivity index (χ2n) is 5.18. The molecule has 2 N–H and O–H groups in total. The van der Waals surface area contributed by atoms with Gasteiger partial charge in [-0.25, -0.2) is 13.1 Å². The van der Waals surface area contributed by atoms with Gasteiger partial charge >= 0.3 is 0 Å². The first kappa shape index (κ1) is 17.6. The lowest BCUT2D eigenvalue weighted by Crippen LogP contribution is -2.39. The van der Waals surface area contributed by atoms with Crippen molar-refractivity contribution in [3.8, 4) is 0 Å². The normalized spacial score (nSPS) is 13.8. The van der Waals surface area contributed by atoms with Crippen LogP contribution in [0.4, 0.5) is 0 Å². The third-order valence-corrected chi connectivity index (χ3v) is 5.79. The molecule has 1 rings (SSSR count). The van der Waals surface area contributed by atoms with Crippen LogP contribution in [0, 0.1) is 0 Å². The lowest BCUT2D eigenvalue weighted by Gasteiger charge is -2.17. The first-order chi connectivity index (χ1) is 9.35. The van der Waals surface area contributed by atoms with Crippen molar-refractivity contribution in [3.05, 3.63) is 17.0 Å². The Labute approximate surface area is 126 Å². The highest BCUT2D eigenvalue weighted by Gasteiger charge is 2.19. The molecule has 1 aromatic heterocycles. The largest absolute Gasteiger partial charge is 0.312 e. The van der Waals surface area contributed by atoms with Crippen LogP contribution < -0.4 is 10.0 Å². The Bertz CT molecular complexity index is 497. The number of hydrogen-bond donors (Lipinski definition) is 2. The molecule has 0 aliphatic heterocycles. The second kappa shape index (κ2) is 8.09. The summed E-state index contributed by atoms with van der Waals surface area (Å²) in [7, 11) is 0.447. The van der Waals surface area contributed by atoms with Crippen LogP contribution in [0.3, 0.4) is 0 Å². The molecule has 1 unspecified atom stereocenters. The molecule has 0 spiro atoms. The summed E-state index contributed by atoms with van der Waals surface area (Å²) >= 11 is 1.32. The van der Waals surface area contributed by atoms with E-state index in [9.17, 15) is 8.42 Å². The van der Waals surface area contributed by atoms with Gasteiger partial charge in [0, 0.05) is 24.0 Å². The molecule has 0 aliphatic rings.